The van der Waals surface area contributed by atoms with Gasteiger partial charge in [0.1, 0.15) is 5.75 Å². The number of nitrogen functional groups attached to an aromatic ring is 1. The summed E-state index contributed by atoms with van der Waals surface area (Å²) in [5.74, 6) is 1.20. The minimum Gasteiger partial charge on any atom is -0.508 e. The molecule has 0 amide bonds. The number of phenols is 1. The van der Waals surface area contributed by atoms with Crippen molar-refractivity contribution in [2.45, 2.75) is 65.6 Å². The minimum atomic E-state index is -0.815. The molecule has 3 aromatic rings. The quantitative estimate of drug-likeness (QED) is 0.173. The van der Waals surface area contributed by atoms with E-state index in [1.54, 1.807) is 38.4 Å². The first-order valence-electron chi connectivity index (χ1n) is 11.2. The van der Waals surface area contributed by atoms with Gasteiger partial charge in [0.2, 0.25) is 5.95 Å². The molecular formula is C23H35N7O2. The number of nitrogens with one attached hydrogen (secondary N) is 2. The van der Waals surface area contributed by atoms with Gasteiger partial charge in [-0.3, -0.25) is 0 Å². The van der Waals surface area contributed by atoms with Gasteiger partial charge in [-0.25, -0.2) is 4.98 Å². The molecule has 1 aromatic carbocycles. The largest absolute Gasteiger partial charge is 0.508 e. The molecule has 0 aliphatic rings. The lowest BCUT2D eigenvalue weighted by Gasteiger charge is -2.26. The van der Waals surface area contributed by atoms with E-state index in [4.69, 9.17) is 10.7 Å². The first kappa shape index (κ1) is 23.6. The Hall–Kier alpha value is -3.07. The highest BCUT2D eigenvalue weighted by Gasteiger charge is 2.22. The van der Waals surface area contributed by atoms with E-state index in [1.165, 1.54) is 0 Å². The Morgan fingerprint density at radius 3 is 2.69 bits per heavy atom. The van der Waals surface area contributed by atoms with Crippen LogP contribution in [0.15, 0.2) is 24.5 Å². The van der Waals surface area contributed by atoms with Crippen LogP contribution in [0.25, 0.3) is 11.2 Å². The highest BCUT2D eigenvalue weighted by Crippen LogP contribution is 2.25. The molecule has 0 saturated carbocycles. The lowest BCUT2D eigenvalue weighted by atomic mass is 9.93. The molecule has 9 nitrogen and oxygen atoms in total. The second-order valence-corrected chi connectivity index (χ2v) is 8.89. The van der Waals surface area contributed by atoms with E-state index < -0.39 is 5.60 Å². The summed E-state index contributed by atoms with van der Waals surface area (Å²) in [5, 5.41) is 26.9. The van der Waals surface area contributed by atoms with E-state index in [0.29, 0.717) is 41.6 Å². The summed E-state index contributed by atoms with van der Waals surface area (Å²) >= 11 is 0. The maximum absolute atomic E-state index is 10.2. The number of rotatable bonds is 11. The number of benzene rings is 1. The number of hydrogen-bond acceptors (Lipinski definition) is 8. The molecule has 174 valence electrons. The number of imidazole rings is 1. The first-order valence-corrected chi connectivity index (χ1v) is 11.2. The molecule has 6 N–H and O–H groups in total. The molecule has 1 unspecified atom stereocenters. The highest BCUT2D eigenvalue weighted by molar-refractivity contribution is 5.84. The van der Waals surface area contributed by atoms with Crippen LogP contribution in [-0.2, 0) is 13.1 Å². The Labute approximate surface area is 189 Å². The second-order valence-electron chi connectivity index (χ2n) is 8.89. The number of aromatic nitrogens is 4. The molecule has 3 rings (SSSR count). The lowest BCUT2D eigenvalue weighted by Crippen LogP contribution is -2.33. The molecule has 0 fully saturated rings. The number of fused-ring (bicyclic) bond motifs is 1. The number of aryl methyl sites for hydroxylation is 1. The van der Waals surface area contributed by atoms with Crippen LogP contribution in [0.5, 0.6) is 5.75 Å². The van der Waals surface area contributed by atoms with Crippen LogP contribution in [0.2, 0.25) is 0 Å². The van der Waals surface area contributed by atoms with Crippen molar-refractivity contribution in [3.8, 4) is 5.75 Å². The van der Waals surface area contributed by atoms with E-state index in [1.807, 2.05) is 11.5 Å². The van der Waals surface area contributed by atoms with Crippen molar-refractivity contribution in [3.63, 3.8) is 0 Å². The van der Waals surface area contributed by atoms with Gasteiger partial charge in [0, 0.05) is 36.8 Å². The monoisotopic (exact) mass is 441 g/mol. The minimum absolute atomic E-state index is 0.00286. The zero-order chi connectivity index (χ0) is 23.3. The van der Waals surface area contributed by atoms with E-state index in [-0.39, 0.29) is 11.7 Å². The van der Waals surface area contributed by atoms with Gasteiger partial charge in [0.25, 0.3) is 0 Å². The number of hydrogen-bond donors (Lipinski definition) is 5. The maximum atomic E-state index is 10.2. The predicted octanol–water partition coefficient (Wildman–Crippen LogP) is 3.74. The van der Waals surface area contributed by atoms with E-state index in [2.05, 4.69) is 27.5 Å². The number of phenolic OH excluding ortho intramolecular Hbond substituents is 1. The van der Waals surface area contributed by atoms with Crippen LogP contribution in [0, 0.1) is 5.92 Å². The number of anilines is 3. The van der Waals surface area contributed by atoms with Gasteiger partial charge in [-0.2, -0.15) is 9.97 Å². The third kappa shape index (κ3) is 5.79. The van der Waals surface area contributed by atoms with Crippen LogP contribution >= 0.6 is 0 Å². The van der Waals surface area contributed by atoms with Crippen molar-refractivity contribution in [1.29, 1.82) is 0 Å². The van der Waals surface area contributed by atoms with Crippen LogP contribution in [0.1, 0.15) is 52.5 Å². The second kappa shape index (κ2) is 10.0. The molecule has 1 atom stereocenters. The summed E-state index contributed by atoms with van der Waals surface area (Å²) in [5.41, 5.74) is 7.72. The van der Waals surface area contributed by atoms with Crippen LogP contribution in [0.3, 0.4) is 0 Å². The third-order valence-electron chi connectivity index (χ3n) is 5.79. The van der Waals surface area contributed by atoms with E-state index in [9.17, 15) is 10.2 Å². The molecule has 0 spiro atoms. The van der Waals surface area contributed by atoms with Crippen LogP contribution in [0.4, 0.5) is 17.5 Å². The first-order chi connectivity index (χ1) is 15.2. The predicted molar refractivity (Wildman–Crippen MR) is 129 cm³/mol. The Morgan fingerprint density at radius 2 is 1.97 bits per heavy atom. The van der Waals surface area contributed by atoms with E-state index >= 15 is 0 Å². The van der Waals surface area contributed by atoms with Gasteiger partial charge < -0.3 is 31.1 Å². The number of nitrogens with two attached hydrogens (primary N) is 1. The van der Waals surface area contributed by atoms with Gasteiger partial charge in [0.05, 0.1) is 11.9 Å². The molecule has 0 aliphatic heterocycles. The summed E-state index contributed by atoms with van der Waals surface area (Å²) in [6.45, 7) is 9.42. The average Bonchev–Trinajstić information content (AvgIpc) is 3.15. The van der Waals surface area contributed by atoms with Gasteiger partial charge in [0.15, 0.2) is 17.0 Å². The van der Waals surface area contributed by atoms with Crippen LogP contribution < -0.4 is 16.4 Å². The zero-order valence-electron chi connectivity index (χ0n) is 19.4. The average molecular weight is 442 g/mol. The topological polar surface area (TPSA) is 134 Å². The SMILES string of the molecule is CCCCCn1cnc2c(NCc3cc(N)ccc3O)nc(NCC(C)C(C)(C)O)nc21. The molecule has 9 heteroatoms. The molecular weight excluding hydrogens is 406 g/mol. The van der Waals surface area contributed by atoms with Gasteiger partial charge in [-0.1, -0.05) is 26.7 Å². The lowest BCUT2D eigenvalue weighted by molar-refractivity contribution is 0.0303. The smallest absolute Gasteiger partial charge is 0.226 e. The molecule has 0 aliphatic carbocycles. The molecule has 0 bridgehead atoms. The Morgan fingerprint density at radius 1 is 1.19 bits per heavy atom. The summed E-state index contributed by atoms with van der Waals surface area (Å²) in [6.07, 6.45) is 5.12. The number of aliphatic hydroxyl groups is 1. The maximum Gasteiger partial charge on any atom is 0.226 e. The highest BCUT2D eigenvalue weighted by atomic mass is 16.3. The molecule has 0 radical (unpaired) electrons. The number of nitrogens with zero attached hydrogens (tertiary/aromatic N) is 4. The fourth-order valence-electron chi connectivity index (χ4n) is 3.26. The summed E-state index contributed by atoms with van der Waals surface area (Å²) < 4.78 is 2.04. The van der Waals surface area contributed by atoms with Gasteiger partial charge >= 0.3 is 0 Å². The van der Waals surface area contributed by atoms with Crippen molar-refractivity contribution in [1.82, 2.24) is 19.5 Å². The van der Waals surface area contributed by atoms with Crippen molar-refractivity contribution in [3.05, 3.63) is 30.1 Å². The van der Waals surface area contributed by atoms with Crippen molar-refractivity contribution >= 4 is 28.6 Å². The summed E-state index contributed by atoms with van der Waals surface area (Å²) in [6, 6.07) is 4.97. The van der Waals surface area contributed by atoms with Gasteiger partial charge in [-0.05, 0) is 38.5 Å². The van der Waals surface area contributed by atoms with E-state index in [0.717, 1.165) is 31.5 Å². The third-order valence-corrected chi connectivity index (χ3v) is 5.79. The fourth-order valence-corrected chi connectivity index (χ4v) is 3.26. The molecule has 2 aromatic heterocycles. The molecule has 32 heavy (non-hydrogen) atoms. The zero-order valence-corrected chi connectivity index (χ0v) is 19.4. The Kier molecular flexibility index (Phi) is 7.40. The number of aromatic hydroxyl groups is 1. The van der Waals surface area contributed by atoms with Gasteiger partial charge in [-0.15, -0.1) is 0 Å². The van der Waals surface area contributed by atoms with Crippen molar-refractivity contribution in [2.75, 3.05) is 22.9 Å². The number of unbranched alkanes of at least 4 members (excludes halogenated alkanes) is 2. The van der Waals surface area contributed by atoms with Crippen molar-refractivity contribution < 1.29 is 10.2 Å². The molecule has 0 saturated heterocycles. The summed E-state index contributed by atoms with van der Waals surface area (Å²) in [7, 11) is 0. The Balaban J connectivity index is 1.89. The fraction of sp³-hybridized carbons (Fsp3) is 0.522. The standard InChI is InChI=1S/C23H35N7O2/c1-5-6-7-10-30-14-27-19-20(25-13-16-11-17(24)8-9-18(16)31)28-22(29-21(19)30)26-12-15(2)23(3,4)32/h8-9,11,14-15,31-32H,5-7,10,12-13,24H2,1-4H3,(H2,25,26,28,29). The summed E-state index contributed by atoms with van der Waals surface area (Å²) in [4.78, 5) is 13.9. The Bertz CT molecular complexity index is 1040. The normalized spacial score (nSPS) is 12.8. The van der Waals surface area contributed by atoms with Crippen LogP contribution in [-0.4, -0.2) is 41.9 Å². The molecule has 2 heterocycles. The van der Waals surface area contributed by atoms with Crippen molar-refractivity contribution in [2.24, 2.45) is 5.92 Å².